The van der Waals surface area contributed by atoms with E-state index in [-0.39, 0.29) is 47.6 Å². The summed E-state index contributed by atoms with van der Waals surface area (Å²) in [5, 5.41) is 12.4. The fourth-order valence-electron chi connectivity index (χ4n) is 7.03. The van der Waals surface area contributed by atoms with Crippen molar-refractivity contribution in [1.82, 2.24) is 4.90 Å². The number of hydrogen-bond acceptors (Lipinski definition) is 6. The number of esters is 1. The highest BCUT2D eigenvalue weighted by Crippen LogP contribution is 2.68. The molecule has 42 heavy (non-hydrogen) atoms. The number of aliphatic hydroxyl groups is 1. The minimum absolute atomic E-state index is 0.0623. The summed E-state index contributed by atoms with van der Waals surface area (Å²) in [6, 6.07) is 12.4. The van der Waals surface area contributed by atoms with Crippen LogP contribution < -0.4 is 4.90 Å². The number of fused-ring (bicyclic) bond motifs is 2. The number of halogens is 1. The lowest BCUT2D eigenvalue weighted by atomic mass is 9.71. The predicted octanol–water partition coefficient (Wildman–Crippen LogP) is 5.35. The number of ether oxygens (including phenoxy) is 1. The minimum atomic E-state index is -0.866. The molecule has 7 atom stereocenters. The fraction of sp³-hybridized carbons (Fsp3) is 0.485. The second kappa shape index (κ2) is 12.5. The molecular formula is C33H39BrN2O5S. The van der Waals surface area contributed by atoms with Gasteiger partial charge < -0.3 is 19.6 Å². The number of rotatable bonds is 12. The molecule has 3 fully saturated rings. The largest absolute Gasteiger partial charge is 0.465 e. The number of hydrogen-bond donors (Lipinski definition) is 1. The van der Waals surface area contributed by atoms with Gasteiger partial charge in [0.25, 0.3) is 5.91 Å². The number of likely N-dealkylation sites (tertiary alicyclic amines) is 1. The molecule has 3 aliphatic heterocycles. The zero-order valence-electron chi connectivity index (χ0n) is 24.2. The topological polar surface area (TPSA) is 87.2 Å². The molecule has 224 valence electrons. The van der Waals surface area contributed by atoms with Crippen molar-refractivity contribution in [1.29, 1.82) is 0 Å². The fourth-order valence-corrected chi connectivity index (χ4v) is 10.6. The molecule has 9 heteroatoms. The van der Waals surface area contributed by atoms with Crippen LogP contribution in [0.15, 0.2) is 67.8 Å². The van der Waals surface area contributed by atoms with Crippen molar-refractivity contribution in [2.24, 2.45) is 17.8 Å². The summed E-state index contributed by atoms with van der Waals surface area (Å²) in [4.78, 5) is 46.1. The normalized spacial score (nSPS) is 28.6. The molecule has 0 aliphatic carbocycles. The Hall–Kier alpha value is -2.62. The summed E-state index contributed by atoms with van der Waals surface area (Å²) >= 11 is 5.38. The number of alkyl halides is 1. The van der Waals surface area contributed by atoms with Gasteiger partial charge in [0, 0.05) is 22.3 Å². The molecule has 5 rings (SSSR count). The SMILES string of the molecule is C=CCCCOC(=O)[C@H]1[C@@H]2SC3(CC2Br)C(C(=O)N(CC=C)c2ccc4ccccc4c2)N([C@@H](CO)C(C)C)C(=O)[C@H]13. The number of aliphatic hydroxyl groups excluding tert-OH is 1. The summed E-state index contributed by atoms with van der Waals surface area (Å²) in [5.74, 6) is -2.36. The van der Waals surface area contributed by atoms with Crippen LogP contribution in [-0.4, -0.2) is 74.5 Å². The molecule has 3 saturated heterocycles. The van der Waals surface area contributed by atoms with Gasteiger partial charge in [-0.2, -0.15) is 0 Å². The Morgan fingerprint density at radius 2 is 1.95 bits per heavy atom. The molecule has 1 N–H and O–H groups in total. The lowest BCUT2D eigenvalue weighted by Gasteiger charge is -2.41. The number of thioether (sulfide) groups is 1. The molecule has 1 spiro atoms. The van der Waals surface area contributed by atoms with Crippen LogP contribution in [-0.2, 0) is 19.1 Å². The first-order valence-electron chi connectivity index (χ1n) is 14.6. The summed E-state index contributed by atoms with van der Waals surface area (Å²) in [7, 11) is 0. The third-order valence-corrected chi connectivity index (χ3v) is 12.2. The number of carbonyl (C=O) groups excluding carboxylic acids is 3. The zero-order valence-corrected chi connectivity index (χ0v) is 26.6. The third kappa shape index (κ3) is 5.11. The second-order valence-corrected chi connectivity index (χ2v) is 14.5. The number of nitrogens with zero attached hydrogens (tertiary/aromatic N) is 2. The Bertz CT molecular complexity index is 1380. The summed E-state index contributed by atoms with van der Waals surface area (Å²) < 4.78 is 4.86. The van der Waals surface area contributed by atoms with Crippen LogP contribution in [0.3, 0.4) is 0 Å². The smallest absolute Gasteiger partial charge is 0.310 e. The van der Waals surface area contributed by atoms with Gasteiger partial charge in [-0.3, -0.25) is 14.4 Å². The molecule has 3 aliphatic rings. The van der Waals surface area contributed by atoms with E-state index in [1.54, 1.807) is 33.7 Å². The summed E-state index contributed by atoms with van der Waals surface area (Å²) in [6.07, 6.45) is 5.42. The molecule has 0 radical (unpaired) electrons. The van der Waals surface area contributed by atoms with Crippen LogP contribution in [0, 0.1) is 17.8 Å². The van der Waals surface area contributed by atoms with Crippen molar-refractivity contribution in [3.05, 3.63) is 67.8 Å². The number of anilines is 1. The van der Waals surface area contributed by atoms with E-state index < -0.39 is 34.6 Å². The Morgan fingerprint density at radius 3 is 2.62 bits per heavy atom. The van der Waals surface area contributed by atoms with Gasteiger partial charge in [-0.15, -0.1) is 24.9 Å². The van der Waals surface area contributed by atoms with Gasteiger partial charge in [-0.1, -0.05) is 72.3 Å². The predicted molar refractivity (Wildman–Crippen MR) is 172 cm³/mol. The zero-order chi connectivity index (χ0) is 30.2. The van der Waals surface area contributed by atoms with Gasteiger partial charge in [-0.25, -0.2) is 0 Å². The lowest BCUT2D eigenvalue weighted by Crippen LogP contribution is -2.59. The van der Waals surface area contributed by atoms with Crippen LogP contribution in [0.4, 0.5) is 5.69 Å². The van der Waals surface area contributed by atoms with Crippen LogP contribution in [0.5, 0.6) is 0 Å². The standard InChI is InChI=1S/C33H39BrN2O5S/c1-5-7-10-16-41-32(40)26-27-30(38)36(25(19-37)20(3)4)29(33(27)18-24(34)28(26)42-33)31(39)35(15-6-2)23-14-13-21-11-8-9-12-22(21)17-23/h5-6,8-9,11-14,17,20,24-29,37H,1-2,7,10,15-16,18-19H2,3-4H3/t24?,25-,26+,27-,28+,29?,33?/m0/s1. The summed E-state index contributed by atoms with van der Waals surface area (Å²) in [6.45, 7) is 11.7. The molecule has 2 bridgehead atoms. The van der Waals surface area contributed by atoms with Crippen LogP contribution in [0.1, 0.15) is 33.1 Å². The quantitative estimate of drug-likeness (QED) is 0.144. The highest BCUT2D eigenvalue weighted by Gasteiger charge is 2.76. The molecule has 3 unspecified atom stereocenters. The van der Waals surface area contributed by atoms with E-state index >= 15 is 0 Å². The van der Waals surface area contributed by atoms with Crippen LogP contribution in [0.25, 0.3) is 10.8 Å². The lowest BCUT2D eigenvalue weighted by molar-refractivity contribution is -0.154. The van der Waals surface area contributed by atoms with Crippen molar-refractivity contribution in [3.8, 4) is 0 Å². The van der Waals surface area contributed by atoms with E-state index in [0.717, 1.165) is 17.2 Å². The van der Waals surface area contributed by atoms with E-state index in [2.05, 4.69) is 29.1 Å². The Balaban J connectivity index is 1.58. The van der Waals surface area contributed by atoms with E-state index in [0.29, 0.717) is 18.5 Å². The van der Waals surface area contributed by atoms with Crippen molar-refractivity contribution in [2.75, 3.05) is 24.7 Å². The highest BCUT2D eigenvalue weighted by molar-refractivity contribution is 9.09. The van der Waals surface area contributed by atoms with Crippen molar-refractivity contribution in [2.45, 2.75) is 60.0 Å². The molecule has 7 nitrogen and oxygen atoms in total. The van der Waals surface area contributed by atoms with Gasteiger partial charge >= 0.3 is 5.97 Å². The van der Waals surface area contributed by atoms with E-state index in [1.807, 2.05) is 56.3 Å². The van der Waals surface area contributed by atoms with Gasteiger partial charge in [0.15, 0.2) is 0 Å². The Kier molecular flexibility index (Phi) is 9.21. The minimum Gasteiger partial charge on any atom is -0.465 e. The summed E-state index contributed by atoms with van der Waals surface area (Å²) in [5.41, 5.74) is 0.710. The first kappa shape index (κ1) is 30.8. The van der Waals surface area contributed by atoms with Gasteiger partial charge in [-0.05, 0) is 48.1 Å². The maximum atomic E-state index is 14.9. The van der Waals surface area contributed by atoms with E-state index in [1.165, 1.54) is 0 Å². The molecule has 0 aromatic heterocycles. The Labute approximate surface area is 260 Å². The number of carbonyl (C=O) groups is 3. The van der Waals surface area contributed by atoms with Crippen molar-refractivity contribution >= 4 is 61.9 Å². The van der Waals surface area contributed by atoms with Gasteiger partial charge in [0.2, 0.25) is 5.91 Å². The van der Waals surface area contributed by atoms with Crippen LogP contribution in [0.2, 0.25) is 0 Å². The molecule has 3 heterocycles. The average Bonchev–Trinajstić information content (AvgIpc) is 3.57. The van der Waals surface area contributed by atoms with Gasteiger partial charge in [0.05, 0.1) is 35.8 Å². The monoisotopic (exact) mass is 654 g/mol. The molecular weight excluding hydrogens is 616 g/mol. The number of amides is 2. The Morgan fingerprint density at radius 1 is 1.21 bits per heavy atom. The molecule has 2 amide bonds. The molecule has 2 aromatic carbocycles. The third-order valence-electron chi connectivity index (χ3n) is 8.97. The number of unbranched alkanes of at least 4 members (excludes halogenated alkanes) is 1. The molecule has 2 aromatic rings. The average molecular weight is 656 g/mol. The maximum Gasteiger partial charge on any atom is 0.310 e. The highest BCUT2D eigenvalue weighted by atomic mass is 79.9. The molecule has 0 saturated carbocycles. The second-order valence-electron chi connectivity index (χ2n) is 11.8. The van der Waals surface area contributed by atoms with E-state index in [9.17, 15) is 19.5 Å². The first-order chi connectivity index (χ1) is 20.2. The number of allylic oxidation sites excluding steroid dienone is 1. The number of benzene rings is 2. The first-order valence-corrected chi connectivity index (χ1v) is 16.4. The van der Waals surface area contributed by atoms with Crippen molar-refractivity contribution < 1.29 is 24.2 Å². The van der Waals surface area contributed by atoms with Crippen LogP contribution >= 0.6 is 27.7 Å². The van der Waals surface area contributed by atoms with E-state index in [4.69, 9.17) is 4.74 Å². The van der Waals surface area contributed by atoms with Gasteiger partial charge in [0.1, 0.15) is 6.04 Å². The maximum absolute atomic E-state index is 14.9. The van der Waals surface area contributed by atoms with Crippen molar-refractivity contribution in [3.63, 3.8) is 0 Å².